The number of sulfonamides is 1. The van der Waals surface area contributed by atoms with Gasteiger partial charge < -0.3 is 4.74 Å². The third-order valence-electron chi connectivity index (χ3n) is 12.4. The number of rotatable bonds is 1. The lowest BCUT2D eigenvalue weighted by Crippen LogP contribution is -2.53. The minimum atomic E-state index is -3.26. The average Bonchev–Trinajstić information content (AvgIpc) is 3.47. The monoisotopic (exact) mass is 527 g/mol. The average molecular weight is 528 g/mol. The number of nitrogens with zero attached hydrogens (tertiary/aromatic N) is 2. The fourth-order valence-corrected chi connectivity index (χ4v) is 11.9. The van der Waals surface area contributed by atoms with Crippen LogP contribution in [-0.4, -0.2) is 53.5 Å². The van der Waals surface area contributed by atoms with Crippen LogP contribution in [0.25, 0.3) is 0 Å². The standard InChI is InChI=1S/C30H45N3O3S/c1-17-10-27-28(33(16-17)37(5,34)35)19(3)30(36-27)9-8-22-23-7-6-21-11-26-20(15-31-32-26)14-29(21,4)25(23)12-24(22)18(2)13-30/h15,17,19,21-23,25,27-28H,6-14,16H2,1-5H3,(H,31,32)/t17-,19+,21+,22-,23-,25-,27+,28-,29-,30-/m0/s1. The molecule has 2 aliphatic heterocycles. The van der Waals surface area contributed by atoms with Crippen LogP contribution in [0.1, 0.15) is 83.9 Å². The highest BCUT2D eigenvalue weighted by molar-refractivity contribution is 7.88. The highest BCUT2D eigenvalue weighted by Gasteiger charge is 2.61. The molecule has 2 saturated carbocycles. The molecule has 1 N–H and O–H groups in total. The molecule has 10 atom stereocenters. The zero-order valence-electron chi connectivity index (χ0n) is 23.3. The predicted octanol–water partition coefficient (Wildman–Crippen LogP) is 5.12. The van der Waals surface area contributed by atoms with Crippen molar-refractivity contribution in [1.29, 1.82) is 0 Å². The first-order valence-electron chi connectivity index (χ1n) is 14.8. The molecular weight excluding hydrogens is 482 g/mol. The minimum absolute atomic E-state index is 0.0181. The van der Waals surface area contributed by atoms with E-state index in [1.54, 1.807) is 15.5 Å². The second-order valence-electron chi connectivity index (χ2n) is 14.3. The summed E-state index contributed by atoms with van der Waals surface area (Å²) in [5.41, 5.74) is 6.28. The third-order valence-corrected chi connectivity index (χ3v) is 13.6. The molecule has 6 nitrogen and oxygen atoms in total. The number of fused-ring (bicyclic) bond motifs is 7. The van der Waals surface area contributed by atoms with Crippen LogP contribution >= 0.6 is 0 Å². The smallest absolute Gasteiger partial charge is 0.211 e. The van der Waals surface area contributed by atoms with Gasteiger partial charge in [-0.15, -0.1) is 0 Å². The summed E-state index contributed by atoms with van der Waals surface area (Å²) in [6.45, 7) is 10.1. The lowest BCUT2D eigenvalue weighted by atomic mass is 9.52. The van der Waals surface area contributed by atoms with Crippen molar-refractivity contribution in [3.63, 3.8) is 0 Å². The van der Waals surface area contributed by atoms with Gasteiger partial charge in [0, 0.05) is 18.2 Å². The van der Waals surface area contributed by atoms with E-state index in [0.29, 0.717) is 23.8 Å². The van der Waals surface area contributed by atoms with Crippen molar-refractivity contribution in [3.8, 4) is 0 Å². The van der Waals surface area contributed by atoms with E-state index in [2.05, 4.69) is 44.1 Å². The van der Waals surface area contributed by atoms with E-state index in [1.807, 2.05) is 0 Å². The van der Waals surface area contributed by atoms with Crippen LogP contribution in [0.3, 0.4) is 0 Å². The van der Waals surface area contributed by atoms with Crippen molar-refractivity contribution in [2.45, 2.75) is 103 Å². The number of allylic oxidation sites excluding steroid dienone is 1. The Hall–Kier alpha value is -1.18. The number of H-pyrrole nitrogens is 1. The van der Waals surface area contributed by atoms with Crippen molar-refractivity contribution in [2.24, 2.45) is 40.9 Å². The summed E-state index contributed by atoms with van der Waals surface area (Å²) in [7, 11) is -3.26. The maximum atomic E-state index is 12.8. The Bertz CT molecular complexity index is 1240. The highest BCUT2D eigenvalue weighted by Crippen LogP contribution is 2.64. The van der Waals surface area contributed by atoms with E-state index >= 15 is 0 Å². The molecule has 0 radical (unpaired) electrons. The molecule has 1 spiro atoms. The van der Waals surface area contributed by atoms with Gasteiger partial charge in [-0.3, -0.25) is 5.10 Å². The molecule has 7 rings (SSSR count). The van der Waals surface area contributed by atoms with Crippen molar-refractivity contribution >= 4 is 10.0 Å². The molecule has 1 aromatic heterocycles. The number of hydrogen-bond donors (Lipinski definition) is 1. The van der Waals surface area contributed by atoms with E-state index in [0.717, 1.165) is 37.0 Å². The van der Waals surface area contributed by atoms with Gasteiger partial charge in [0.2, 0.25) is 10.0 Å². The van der Waals surface area contributed by atoms with Crippen molar-refractivity contribution in [3.05, 3.63) is 28.6 Å². The molecule has 37 heavy (non-hydrogen) atoms. The molecule has 0 amide bonds. The van der Waals surface area contributed by atoms with Gasteiger partial charge in [-0.1, -0.05) is 31.9 Å². The molecule has 0 unspecified atom stereocenters. The quantitative estimate of drug-likeness (QED) is 0.515. The van der Waals surface area contributed by atoms with Crippen LogP contribution in [0, 0.1) is 40.9 Å². The SMILES string of the molecule is CC1=C2C[C@H]3[C@@H](CC[C@@H]4Cc5[nH]ncc5C[C@@]43C)[C@@H]2CC[C@@]2(C1)O[C@@H]1C[C@H](C)CN(S(C)(=O)=O)[C@H]1[C@H]2C. The summed E-state index contributed by atoms with van der Waals surface area (Å²) in [6, 6.07) is -0.0181. The summed E-state index contributed by atoms with van der Waals surface area (Å²) in [4.78, 5) is 0. The third kappa shape index (κ3) is 3.55. The van der Waals surface area contributed by atoms with Crippen LogP contribution in [-0.2, 0) is 27.6 Å². The van der Waals surface area contributed by atoms with Crippen molar-refractivity contribution < 1.29 is 13.2 Å². The second-order valence-corrected chi connectivity index (χ2v) is 16.2. The largest absolute Gasteiger partial charge is 0.369 e. The van der Waals surface area contributed by atoms with Gasteiger partial charge >= 0.3 is 0 Å². The van der Waals surface area contributed by atoms with Crippen molar-refractivity contribution in [1.82, 2.24) is 14.5 Å². The summed E-state index contributed by atoms with van der Waals surface area (Å²) < 4.78 is 34.4. The molecule has 6 aliphatic rings. The van der Waals surface area contributed by atoms with Gasteiger partial charge in [0.1, 0.15) is 0 Å². The van der Waals surface area contributed by atoms with E-state index < -0.39 is 10.0 Å². The van der Waals surface area contributed by atoms with Crippen LogP contribution in [0.5, 0.6) is 0 Å². The first-order valence-corrected chi connectivity index (χ1v) is 16.7. The molecule has 2 saturated heterocycles. The van der Waals surface area contributed by atoms with E-state index in [9.17, 15) is 8.42 Å². The Morgan fingerprint density at radius 3 is 2.76 bits per heavy atom. The molecule has 1 aromatic rings. The Kier molecular flexibility index (Phi) is 5.48. The Morgan fingerprint density at radius 2 is 1.97 bits per heavy atom. The Labute approximate surface area is 223 Å². The second kappa shape index (κ2) is 8.17. The van der Waals surface area contributed by atoms with Gasteiger partial charge in [0.15, 0.2) is 0 Å². The van der Waals surface area contributed by atoms with Gasteiger partial charge in [0.05, 0.1) is 30.2 Å². The number of ether oxygens (including phenoxy) is 1. The predicted molar refractivity (Wildman–Crippen MR) is 144 cm³/mol. The molecule has 204 valence electrons. The van der Waals surface area contributed by atoms with Crippen LogP contribution in [0.2, 0.25) is 0 Å². The zero-order valence-corrected chi connectivity index (χ0v) is 24.1. The maximum absolute atomic E-state index is 12.8. The lowest BCUT2D eigenvalue weighted by Gasteiger charge is -2.52. The van der Waals surface area contributed by atoms with E-state index in [4.69, 9.17) is 4.74 Å². The van der Waals surface area contributed by atoms with E-state index in [1.165, 1.54) is 56.0 Å². The number of aromatic nitrogens is 2. The van der Waals surface area contributed by atoms with Crippen LogP contribution in [0.15, 0.2) is 17.3 Å². The first kappa shape index (κ1) is 24.8. The zero-order chi connectivity index (χ0) is 25.9. The lowest BCUT2D eigenvalue weighted by molar-refractivity contribution is -0.0763. The van der Waals surface area contributed by atoms with Gasteiger partial charge in [-0.25, -0.2) is 8.42 Å². The fourth-order valence-electron chi connectivity index (χ4n) is 10.6. The molecule has 0 bridgehead atoms. The number of aromatic amines is 1. The van der Waals surface area contributed by atoms with Gasteiger partial charge in [-0.05, 0) is 105 Å². The Morgan fingerprint density at radius 1 is 1.16 bits per heavy atom. The van der Waals surface area contributed by atoms with Crippen LogP contribution < -0.4 is 0 Å². The van der Waals surface area contributed by atoms with Gasteiger partial charge in [-0.2, -0.15) is 9.40 Å². The van der Waals surface area contributed by atoms with Gasteiger partial charge in [0.25, 0.3) is 0 Å². The molecular formula is C30H45N3O3S. The van der Waals surface area contributed by atoms with Crippen LogP contribution in [0.4, 0.5) is 0 Å². The number of piperidine rings is 1. The molecule has 4 fully saturated rings. The summed E-state index contributed by atoms with van der Waals surface area (Å²) in [5, 5.41) is 7.68. The Balaban J connectivity index is 1.19. The topological polar surface area (TPSA) is 75.3 Å². The summed E-state index contributed by atoms with van der Waals surface area (Å²) in [5.74, 6) is 3.55. The first-order chi connectivity index (χ1) is 17.5. The minimum Gasteiger partial charge on any atom is -0.369 e. The van der Waals surface area contributed by atoms with E-state index in [-0.39, 0.29) is 23.7 Å². The summed E-state index contributed by atoms with van der Waals surface area (Å²) >= 11 is 0. The molecule has 4 aliphatic carbocycles. The number of hydrogen-bond acceptors (Lipinski definition) is 4. The maximum Gasteiger partial charge on any atom is 0.211 e. The highest BCUT2D eigenvalue weighted by atomic mass is 32.2. The summed E-state index contributed by atoms with van der Waals surface area (Å²) in [6.07, 6.45) is 14.0. The molecule has 3 heterocycles. The number of nitrogens with one attached hydrogen (secondary N) is 1. The fraction of sp³-hybridized carbons (Fsp3) is 0.833. The molecule has 0 aromatic carbocycles. The normalized spacial score (nSPS) is 47.7. The van der Waals surface area contributed by atoms with Crippen molar-refractivity contribution in [2.75, 3.05) is 12.8 Å². The molecule has 7 heteroatoms.